The van der Waals surface area contributed by atoms with Crippen LogP contribution in [0.3, 0.4) is 0 Å². The van der Waals surface area contributed by atoms with Crippen LogP contribution in [0.2, 0.25) is 0 Å². The van der Waals surface area contributed by atoms with E-state index in [1.54, 1.807) is 4.68 Å². The number of anilines is 1. The number of amides is 1. The summed E-state index contributed by atoms with van der Waals surface area (Å²) in [6.45, 7) is 10.7. The SMILES string of the molecule is CCCCc1ccc([C@@H](NCC(=O)Nc2c(C)nn(C)c2C)C(C)C)cc1. The highest BCUT2D eigenvalue weighted by atomic mass is 16.1. The minimum Gasteiger partial charge on any atom is -0.322 e. The predicted octanol–water partition coefficient (Wildman–Crippen LogP) is 4.30. The van der Waals surface area contributed by atoms with E-state index in [0.29, 0.717) is 5.92 Å². The Morgan fingerprint density at radius 3 is 2.37 bits per heavy atom. The smallest absolute Gasteiger partial charge is 0.238 e. The number of benzene rings is 1. The average molecular weight is 371 g/mol. The maximum atomic E-state index is 12.4. The number of nitrogens with zero attached hydrogens (tertiary/aromatic N) is 2. The summed E-state index contributed by atoms with van der Waals surface area (Å²) in [5.74, 6) is 0.348. The summed E-state index contributed by atoms with van der Waals surface area (Å²) >= 11 is 0. The third-order valence-electron chi connectivity index (χ3n) is 5.08. The zero-order valence-electron chi connectivity index (χ0n) is 17.6. The summed E-state index contributed by atoms with van der Waals surface area (Å²) in [6, 6.07) is 8.95. The van der Waals surface area contributed by atoms with Gasteiger partial charge in [-0.25, -0.2) is 0 Å². The second kappa shape index (κ2) is 9.70. The van der Waals surface area contributed by atoms with Gasteiger partial charge in [0.2, 0.25) is 5.91 Å². The van der Waals surface area contributed by atoms with Gasteiger partial charge in [-0.05, 0) is 43.7 Å². The summed E-state index contributed by atoms with van der Waals surface area (Å²) < 4.78 is 1.79. The van der Waals surface area contributed by atoms with E-state index in [1.165, 1.54) is 24.0 Å². The maximum absolute atomic E-state index is 12.4. The molecule has 2 N–H and O–H groups in total. The number of aryl methyl sites for hydroxylation is 3. The summed E-state index contributed by atoms with van der Waals surface area (Å²) in [4.78, 5) is 12.4. The fraction of sp³-hybridized carbons (Fsp3) is 0.545. The van der Waals surface area contributed by atoms with E-state index < -0.39 is 0 Å². The minimum absolute atomic E-state index is 0.0422. The quantitative estimate of drug-likeness (QED) is 0.692. The van der Waals surface area contributed by atoms with Gasteiger partial charge in [0.25, 0.3) is 0 Å². The third kappa shape index (κ3) is 5.67. The van der Waals surface area contributed by atoms with Crippen molar-refractivity contribution >= 4 is 11.6 Å². The van der Waals surface area contributed by atoms with Gasteiger partial charge in [-0.3, -0.25) is 9.48 Å². The van der Waals surface area contributed by atoms with Crippen LogP contribution in [0.5, 0.6) is 0 Å². The molecule has 2 aromatic rings. The van der Waals surface area contributed by atoms with Crippen molar-refractivity contribution in [2.75, 3.05) is 11.9 Å². The number of carbonyl (C=O) groups excluding carboxylic acids is 1. The maximum Gasteiger partial charge on any atom is 0.238 e. The fourth-order valence-electron chi connectivity index (χ4n) is 3.35. The Kier molecular flexibility index (Phi) is 7.60. The molecule has 1 heterocycles. The monoisotopic (exact) mass is 370 g/mol. The summed E-state index contributed by atoms with van der Waals surface area (Å²) in [5.41, 5.74) is 5.22. The largest absolute Gasteiger partial charge is 0.322 e. The van der Waals surface area contributed by atoms with Gasteiger partial charge in [-0.1, -0.05) is 51.5 Å². The van der Waals surface area contributed by atoms with Gasteiger partial charge in [0, 0.05) is 13.1 Å². The molecule has 0 aliphatic rings. The van der Waals surface area contributed by atoms with Crippen LogP contribution in [-0.4, -0.2) is 22.2 Å². The van der Waals surface area contributed by atoms with E-state index >= 15 is 0 Å². The fourth-order valence-corrected chi connectivity index (χ4v) is 3.35. The van der Waals surface area contributed by atoms with Crippen molar-refractivity contribution in [1.82, 2.24) is 15.1 Å². The molecule has 0 fully saturated rings. The highest BCUT2D eigenvalue weighted by molar-refractivity contribution is 5.93. The number of unbranched alkanes of at least 4 members (excludes halogenated alkanes) is 1. The molecule has 1 aromatic carbocycles. The molecule has 0 saturated carbocycles. The highest BCUT2D eigenvalue weighted by Gasteiger charge is 2.18. The van der Waals surface area contributed by atoms with Crippen molar-refractivity contribution < 1.29 is 4.79 Å². The number of rotatable bonds is 9. The standard InChI is InChI=1S/C22H34N4O/c1-7-8-9-18-10-12-19(13-11-18)21(15(2)3)23-14-20(27)24-22-16(4)25-26(6)17(22)5/h10-13,15,21,23H,7-9,14H2,1-6H3,(H,24,27)/t21-/m0/s1. The van der Waals surface area contributed by atoms with Crippen LogP contribution in [-0.2, 0) is 18.3 Å². The molecule has 5 nitrogen and oxygen atoms in total. The van der Waals surface area contributed by atoms with Crippen molar-refractivity contribution in [2.45, 2.75) is 59.9 Å². The molecular formula is C22H34N4O. The van der Waals surface area contributed by atoms with Crippen molar-refractivity contribution in [2.24, 2.45) is 13.0 Å². The molecule has 1 atom stereocenters. The van der Waals surface area contributed by atoms with Crippen molar-refractivity contribution in [1.29, 1.82) is 0 Å². The molecule has 1 aromatic heterocycles. The van der Waals surface area contributed by atoms with Gasteiger partial charge in [0.1, 0.15) is 0 Å². The van der Waals surface area contributed by atoms with Crippen molar-refractivity contribution in [3.63, 3.8) is 0 Å². The van der Waals surface area contributed by atoms with Gasteiger partial charge < -0.3 is 10.6 Å². The topological polar surface area (TPSA) is 59.0 Å². The molecule has 0 radical (unpaired) electrons. The first-order chi connectivity index (χ1) is 12.8. The normalized spacial score (nSPS) is 12.4. The van der Waals surface area contributed by atoms with Crippen LogP contribution in [0.1, 0.15) is 62.2 Å². The zero-order valence-corrected chi connectivity index (χ0v) is 17.6. The van der Waals surface area contributed by atoms with Crippen LogP contribution in [0.25, 0.3) is 0 Å². The van der Waals surface area contributed by atoms with Crippen LogP contribution < -0.4 is 10.6 Å². The Balaban J connectivity index is 1.98. The highest BCUT2D eigenvalue weighted by Crippen LogP contribution is 2.23. The summed E-state index contributed by atoms with van der Waals surface area (Å²) in [6.07, 6.45) is 3.56. The summed E-state index contributed by atoms with van der Waals surface area (Å²) in [7, 11) is 1.88. The molecule has 0 spiro atoms. The van der Waals surface area contributed by atoms with Crippen LogP contribution in [0.15, 0.2) is 24.3 Å². The predicted molar refractivity (Wildman–Crippen MR) is 112 cm³/mol. The summed E-state index contributed by atoms with van der Waals surface area (Å²) in [5, 5.41) is 10.8. The Labute approximate surface area is 163 Å². The molecule has 27 heavy (non-hydrogen) atoms. The second-order valence-corrected chi connectivity index (χ2v) is 7.67. The molecule has 148 valence electrons. The molecule has 0 aliphatic carbocycles. The molecule has 0 unspecified atom stereocenters. The third-order valence-corrected chi connectivity index (χ3v) is 5.08. The van der Waals surface area contributed by atoms with Gasteiger partial charge in [0.05, 0.1) is 23.6 Å². The lowest BCUT2D eigenvalue weighted by Gasteiger charge is -2.23. The lowest BCUT2D eigenvalue weighted by atomic mass is 9.94. The lowest BCUT2D eigenvalue weighted by Crippen LogP contribution is -2.33. The van der Waals surface area contributed by atoms with E-state index in [9.17, 15) is 4.79 Å². The van der Waals surface area contributed by atoms with E-state index in [0.717, 1.165) is 23.5 Å². The van der Waals surface area contributed by atoms with Gasteiger partial charge in [0.15, 0.2) is 0 Å². The van der Waals surface area contributed by atoms with Gasteiger partial charge in [-0.15, -0.1) is 0 Å². The van der Waals surface area contributed by atoms with Crippen LogP contribution >= 0.6 is 0 Å². The number of nitrogens with one attached hydrogen (secondary N) is 2. The molecular weight excluding hydrogens is 336 g/mol. The first-order valence-electron chi connectivity index (χ1n) is 9.95. The molecule has 0 aliphatic heterocycles. The Bertz CT molecular complexity index is 746. The average Bonchev–Trinajstić information content (AvgIpc) is 2.87. The number of hydrogen-bond donors (Lipinski definition) is 2. The van der Waals surface area contributed by atoms with Crippen LogP contribution in [0, 0.1) is 19.8 Å². The second-order valence-electron chi connectivity index (χ2n) is 7.67. The Morgan fingerprint density at radius 2 is 1.85 bits per heavy atom. The van der Waals surface area contributed by atoms with Gasteiger partial charge in [-0.2, -0.15) is 5.10 Å². The Morgan fingerprint density at radius 1 is 1.19 bits per heavy atom. The minimum atomic E-state index is -0.0422. The Hall–Kier alpha value is -2.14. The molecule has 2 rings (SSSR count). The number of hydrogen-bond acceptors (Lipinski definition) is 3. The van der Waals surface area contributed by atoms with Gasteiger partial charge >= 0.3 is 0 Å². The zero-order chi connectivity index (χ0) is 20.0. The van der Waals surface area contributed by atoms with Crippen molar-refractivity contribution in [3.8, 4) is 0 Å². The van der Waals surface area contributed by atoms with E-state index in [1.807, 2.05) is 20.9 Å². The molecule has 1 amide bonds. The number of carbonyl (C=O) groups is 1. The van der Waals surface area contributed by atoms with E-state index in [4.69, 9.17) is 0 Å². The molecule has 0 saturated heterocycles. The molecule has 5 heteroatoms. The lowest BCUT2D eigenvalue weighted by molar-refractivity contribution is -0.115. The van der Waals surface area contributed by atoms with Crippen LogP contribution in [0.4, 0.5) is 5.69 Å². The molecule has 0 bridgehead atoms. The number of aromatic nitrogens is 2. The first-order valence-corrected chi connectivity index (χ1v) is 9.95. The van der Waals surface area contributed by atoms with Crippen molar-refractivity contribution in [3.05, 3.63) is 46.8 Å². The first kappa shape index (κ1) is 21.2. The van der Waals surface area contributed by atoms with E-state index in [2.05, 4.69) is 60.8 Å². The van der Waals surface area contributed by atoms with E-state index in [-0.39, 0.29) is 18.5 Å².